The van der Waals surface area contributed by atoms with Crippen molar-refractivity contribution in [1.82, 2.24) is 4.31 Å². The van der Waals surface area contributed by atoms with E-state index in [-0.39, 0.29) is 28.6 Å². The molecule has 10 heteroatoms. The Morgan fingerprint density at radius 1 is 1.25 bits per heavy atom. The third-order valence-electron chi connectivity index (χ3n) is 4.98. The van der Waals surface area contributed by atoms with E-state index in [4.69, 9.17) is 17.9 Å². The van der Waals surface area contributed by atoms with Gasteiger partial charge in [-0.1, -0.05) is 12.0 Å². The molecule has 32 heavy (non-hydrogen) atoms. The number of ether oxygens (including phenoxy) is 1. The molecule has 1 aliphatic rings. The van der Waals surface area contributed by atoms with Crippen LogP contribution < -0.4 is 4.74 Å². The smallest absolute Gasteiger partial charge is 0.233 e. The molecular weight excluding hydrogens is 437 g/mol. The molecule has 1 aliphatic heterocycles. The second kappa shape index (κ2) is 8.96. The minimum absolute atomic E-state index is 0.0321. The van der Waals surface area contributed by atoms with Crippen molar-refractivity contribution < 1.29 is 27.8 Å². The summed E-state index contributed by atoms with van der Waals surface area (Å²) in [6, 6.07) is 7.57. The van der Waals surface area contributed by atoms with Gasteiger partial charge in [0.25, 0.3) is 0 Å². The van der Waals surface area contributed by atoms with Crippen LogP contribution in [0.4, 0.5) is 15.8 Å². The fourth-order valence-electron chi connectivity index (χ4n) is 3.31. The number of aliphatic hydroxyl groups is 2. The Hall–Kier alpha value is -3.46. The first kappa shape index (κ1) is 23.2. The largest absolute Gasteiger partial charge is 0.486 e. The Morgan fingerprint density at radius 3 is 2.56 bits per heavy atom. The van der Waals surface area contributed by atoms with E-state index in [9.17, 15) is 23.0 Å². The van der Waals surface area contributed by atoms with Gasteiger partial charge in [-0.2, -0.15) is 4.31 Å². The van der Waals surface area contributed by atoms with Crippen molar-refractivity contribution in [3.63, 3.8) is 0 Å². The number of sulfonamides is 1. The molecule has 8 nitrogen and oxygen atoms in total. The lowest BCUT2D eigenvalue weighted by atomic mass is 10.0. The molecule has 164 valence electrons. The van der Waals surface area contributed by atoms with E-state index >= 15 is 0 Å². The first-order valence-electron chi connectivity index (χ1n) is 9.30. The molecule has 0 spiro atoms. The van der Waals surface area contributed by atoms with Crippen LogP contribution in [0.15, 0.2) is 41.3 Å². The Balaban J connectivity index is 1.93. The number of hydrogen-bond acceptors (Lipinski definition) is 5. The number of nitrogens with zero attached hydrogens (tertiary/aromatic N) is 3. The second-order valence-electron chi connectivity index (χ2n) is 7.06. The summed E-state index contributed by atoms with van der Waals surface area (Å²) >= 11 is 0. The van der Waals surface area contributed by atoms with Crippen molar-refractivity contribution in [2.45, 2.75) is 23.5 Å². The molecule has 0 amide bonds. The van der Waals surface area contributed by atoms with Gasteiger partial charge in [-0.3, -0.25) is 0 Å². The summed E-state index contributed by atoms with van der Waals surface area (Å²) in [4.78, 5) is 6.04. The molecule has 1 fully saturated rings. The minimum Gasteiger partial charge on any atom is -0.486 e. The summed E-state index contributed by atoms with van der Waals surface area (Å²) in [6.45, 7) is 14.2. The average molecular weight is 455 g/mol. The van der Waals surface area contributed by atoms with Crippen molar-refractivity contribution in [2.75, 3.05) is 19.7 Å². The molecule has 0 radical (unpaired) electrons. The average Bonchev–Trinajstić information content (AvgIpc) is 3.11. The number of hydrogen-bond donors (Lipinski definition) is 2. The van der Waals surface area contributed by atoms with Gasteiger partial charge in [-0.15, -0.1) is 5.92 Å². The van der Waals surface area contributed by atoms with Crippen LogP contribution in [-0.4, -0.2) is 54.3 Å². The van der Waals surface area contributed by atoms with Gasteiger partial charge in [0.05, 0.1) is 31.2 Å². The van der Waals surface area contributed by atoms with E-state index in [0.717, 1.165) is 10.4 Å². The molecule has 0 bridgehead atoms. The van der Waals surface area contributed by atoms with Crippen LogP contribution in [0.3, 0.4) is 0 Å². The molecule has 0 aliphatic carbocycles. The highest BCUT2D eigenvalue weighted by atomic mass is 32.2. The highest BCUT2D eigenvalue weighted by molar-refractivity contribution is 7.89. The van der Waals surface area contributed by atoms with Gasteiger partial charge in [0.2, 0.25) is 21.4 Å². The fraction of sp³-hybridized carbons (Fsp3) is 0.273. The summed E-state index contributed by atoms with van der Waals surface area (Å²) in [7, 11) is -4.23. The zero-order valence-electron chi connectivity index (χ0n) is 16.9. The van der Waals surface area contributed by atoms with Crippen molar-refractivity contribution in [1.29, 1.82) is 0 Å². The van der Waals surface area contributed by atoms with Crippen LogP contribution in [-0.2, 0) is 10.0 Å². The Labute approximate surface area is 185 Å². The van der Waals surface area contributed by atoms with Gasteiger partial charge in [-0.25, -0.2) is 22.5 Å². The number of halogens is 1. The van der Waals surface area contributed by atoms with Crippen LogP contribution in [0.25, 0.3) is 9.69 Å². The summed E-state index contributed by atoms with van der Waals surface area (Å²) < 4.78 is 46.9. The lowest BCUT2D eigenvalue weighted by Gasteiger charge is -2.27. The van der Waals surface area contributed by atoms with E-state index in [1.54, 1.807) is 6.92 Å². The van der Waals surface area contributed by atoms with Crippen LogP contribution in [0, 0.1) is 30.8 Å². The van der Waals surface area contributed by atoms with Crippen LogP contribution >= 0.6 is 0 Å². The molecule has 2 N–H and O–H groups in total. The molecule has 1 heterocycles. The number of β-amino-alcohol motifs (C(OH)–C–C–N with tert-alkyl or cyclic N) is 1. The van der Waals surface area contributed by atoms with Gasteiger partial charge in [0.15, 0.2) is 0 Å². The maximum atomic E-state index is 13.9. The maximum absolute atomic E-state index is 13.9. The molecular formula is C22H18FN3O5S. The highest BCUT2D eigenvalue weighted by Gasteiger charge is 2.51. The van der Waals surface area contributed by atoms with E-state index in [1.807, 2.05) is 0 Å². The van der Waals surface area contributed by atoms with Crippen LogP contribution in [0.5, 0.6) is 5.75 Å². The SMILES string of the molecule is [C-]#[N+]c1ccc(O[C@H]2CN(S(=O)(=O)c3ccc(C#CC)cc3[N+]#[C-])C[C@@]2(O)CO)cc1F. The van der Waals surface area contributed by atoms with Crippen LogP contribution in [0.2, 0.25) is 0 Å². The minimum atomic E-state index is -4.23. The van der Waals surface area contributed by atoms with Crippen LogP contribution in [0.1, 0.15) is 12.5 Å². The third kappa shape index (κ3) is 4.29. The molecule has 3 rings (SSSR count). The van der Waals surface area contributed by atoms with E-state index in [0.29, 0.717) is 5.56 Å². The highest BCUT2D eigenvalue weighted by Crippen LogP contribution is 2.35. The Kier molecular flexibility index (Phi) is 6.50. The fourth-order valence-corrected chi connectivity index (χ4v) is 4.92. The van der Waals surface area contributed by atoms with Gasteiger partial charge in [0, 0.05) is 18.2 Å². The van der Waals surface area contributed by atoms with Crippen molar-refractivity contribution in [2.24, 2.45) is 0 Å². The van der Waals surface area contributed by atoms with Crippen molar-refractivity contribution in [3.05, 3.63) is 70.6 Å². The molecule has 2 aromatic carbocycles. The standard InChI is InChI=1S/C22H18FN3O5S/c1-4-5-15-6-9-20(19(10-15)25-3)32(29,30)26-12-21(22(28,13-26)14-27)31-16-7-8-18(24-2)17(23)11-16/h6-11,21,27-28H,12-14H2,1H3/t21-,22+/m0/s1. The van der Waals surface area contributed by atoms with E-state index < -0.39 is 40.7 Å². The predicted molar refractivity (Wildman–Crippen MR) is 113 cm³/mol. The quantitative estimate of drug-likeness (QED) is 0.534. The summed E-state index contributed by atoms with van der Waals surface area (Å²) in [5.74, 6) is 4.57. The summed E-state index contributed by atoms with van der Waals surface area (Å²) in [5, 5.41) is 20.5. The third-order valence-corrected chi connectivity index (χ3v) is 6.84. The Bertz CT molecular complexity index is 1300. The first-order valence-corrected chi connectivity index (χ1v) is 10.7. The number of rotatable bonds is 5. The lowest BCUT2D eigenvalue weighted by molar-refractivity contribution is -0.0641. The first-order chi connectivity index (χ1) is 15.2. The summed E-state index contributed by atoms with van der Waals surface area (Å²) in [5.41, 5.74) is -1.82. The number of benzene rings is 2. The zero-order chi connectivity index (χ0) is 23.5. The van der Waals surface area contributed by atoms with E-state index in [2.05, 4.69) is 21.5 Å². The number of aliphatic hydroxyl groups excluding tert-OH is 1. The maximum Gasteiger partial charge on any atom is 0.233 e. The topological polar surface area (TPSA) is 95.8 Å². The van der Waals surface area contributed by atoms with Crippen molar-refractivity contribution >= 4 is 21.4 Å². The second-order valence-corrected chi connectivity index (χ2v) is 8.97. The van der Waals surface area contributed by atoms with Gasteiger partial charge in [0.1, 0.15) is 23.3 Å². The molecule has 2 aromatic rings. The Morgan fingerprint density at radius 2 is 1.97 bits per heavy atom. The van der Waals surface area contributed by atoms with Gasteiger partial charge >= 0.3 is 0 Å². The molecule has 0 aromatic heterocycles. The zero-order valence-corrected chi connectivity index (χ0v) is 17.7. The predicted octanol–water partition coefficient (Wildman–Crippen LogP) is 2.47. The van der Waals surface area contributed by atoms with Gasteiger partial charge < -0.3 is 14.9 Å². The monoisotopic (exact) mass is 455 g/mol. The normalized spacial score (nSPS) is 20.6. The lowest BCUT2D eigenvalue weighted by Crippen LogP contribution is -2.48. The van der Waals surface area contributed by atoms with Gasteiger partial charge in [-0.05, 0) is 31.2 Å². The molecule has 2 atom stereocenters. The molecule has 0 saturated carbocycles. The molecule has 1 saturated heterocycles. The molecule has 0 unspecified atom stereocenters. The van der Waals surface area contributed by atoms with Crippen molar-refractivity contribution in [3.8, 4) is 17.6 Å². The summed E-state index contributed by atoms with van der Waals surface area (Å²) in [6.07, 6.45) is -1.22. The van der Waals surface area contributed by atoms with E-state index in [1.165, 1.54) is 30.3 Å².